The molecule has 3 saturated carbocycles. The number of nitrogens with zero attached hydrogens (tertiary/aromatic N) is 2. The van der Waals surface area contributed by atoms with Crippen molar-refractivity contribution in [2.75, 3.05) is 25.1 Å². The fourth-order valence-electron chi connectivity index (χ4n) is 9.18. The minimum Gasteiger partial charge on any atom is -0.494 e. The average Bonchev–Trinajstić information content (AvgIpc) is 3.44. The lowest BCUT2D eigenvalue weighted by Crippen LogP contribution is -2.65. The number of carbonyl (C=O) groups is 3. The van der Waals surface area contributed by atoms with Crippen molar-refractivity contribution in [3.05, 3.63) is 59.7 Å². The molecule has 0 aromatic heterocycles. The quantitative estimate of drug-likeness (QED) is 0.213. The van der Waals surface area contributed by atoms with E-state index in [1.165, 1.54) is 7.11 Å². The molecule has 3 aliphatic carbocycles. The van der Waals surface area contributed by atoms with Crippen molar-refractivity contribution in [1.82, 2.24) is 4.90 Å². The lowest BCUT2D eigenvalue weighted by molar-refractivity contribution is -0.199. The molecule has 7 rings (SSSR count). The second-order valence-corrected chi connectivity index (χ2v) is 18.0. The van der Waals surface area contributed by atoms with Crippen LogP contribution in [0.25, 0.3) is 0 Å². The van der Waals surface area contributed by atoms with Gasteiger partial charge in [0, 0.05) is 13.1 Å². The summed E-state index contributed by atoms with van der Waals surface area (Å²) in [6, 6.07) is 15.0. The molecular formula is C41H57BN2O8. The van der Waals surface area contributed by atoms with E-state index >= 15 is 4.79 Å². The van der Waals surface area contributed by atoms with Crippen LogP contribution in [0.3, 0.4) is 0 Å². The number of rotatable bonds is 7. The molecule has 2 aromatic rings. The van der Waals surface area contributed by atoms with Gasteiger partial charge in [0.1, 0.15) is 16.8 Å². The maximum absolute atomic E-state index is 15.8. The zero-order valence-corrected chi connectivity index (χ0v) is 32.9. The Morgan fingerprint density at radius 2 is 1.54 bits per heavy atom. The van der Waals surface area contributed by atoms with Crippen molar-refractivity contribution in [2.24, 2.45) is 17.3 Å². The Morgan fingerprint density at radius 1 is 0.904 bits per heavy atom. The Bertz CT molecular complexity index is 1680. The molecule has 2 saturated heterocycles. The van der Waals surface area contributed by atoms with E-state index in [2.05, 4.69) is 20.8 Å². The molecule has 2 amide bonds. The number of ether oxygens (including phenoxy) is 3. The summed E-state index contributed by atoms with van der Waals surface area (Å²) in [5.74, 6) is -0.231. The normalized spacial score (nSPS) is 26.8. The van der Waals surface area contributed by atoms with E-state index in [0.29, 0.717) is 43.5 Å². The molecule has 10 nitrogen and oxygen atoms in total. The highest BCUT2D eigenvalue weighted by atomic mass is 16.7. The molecule has 2 aliphatic heterocycles. The van der Waals surface area contributed by atoms with Gasteiger partial charge in [0.15, 0.2) is 5.75 Å². The number of hydrogen-bond acceptors (Lipinski definition) is 8. The lowest BCUT2D eigenvalue weighted by Gasteiger charge is -2.64. The minimum absolute atomic E-state index is 0.0937. The van der Waals surface area contributed by atoms with E-state index in [1.54, 1.807) is 28.0 Å². The van der Waals surface area contributed by atoms with Crippen LogP contribution in [-0.4, -0.2) is 79.0 Å². The summed E-state index contributed by atoms with van der Waals surface area (Å²) in [5, 5.41) is 0. The smallest absolute Gasteiger partial charge is 0.482 e. The number of anilines is 1. The topological polar surface area (TPSA) is 104 Å². The van der Waals surface area contributed by atoms with Crippen LogP contribution in [0.1, 0.15) is 111 Å². The minimum atomic E-state index is -1.03. The third-order valence-corrected chi connectivity index (χ3v) is 12.1. The van der Waals surface area contributed by atoms with Crippen LogP contribution < -0.4 is 9.64 Å². The number of esters is 1. The summed E-state index contributed by atoms with van der Waals surface area (Å²) in [6.07, 6.45) is 2.23. The van der Waals surface area contributed by atoms with Gasteiger partial charge in [-0.25, -0.2) is 9.59 Å². The molecule has 11 heteroatoms. The van der Waals surface area contributed by atoms with E-state index in [1.807, 2.05) is 78.8 Å². The maximum atomic E-state index is 15.8. The first-order valence-electron chi connectivity index (χ1n) is 18.8. The van der Waals surface area contributed by atoms with Crippen LogP contribution >= 0.6 is 0 Å². The molecule has 5 aliphatic rings. The van der Waals surface area contributed by atoms with E-state index in [-0.39, 0.29) is 28.7 Å². The van der Waals surface area contributed by atoms with Gasteiger partial charge in [-0.2, -0.15) is 0 Å². The fraction of sp³-hybridized carbons (Fsp3) is 0.634. The van der Waals surface area contributed by atoms with Crippen molar-refractivity contribution in [3.8, 4) is 5.75 Å². The zero-order chi connectivity index (χ0) is 38.0. The molecule has 52 heavy (non-hydrogen) atoms. The first-order chi connectivity index (χ1) is 24.2. The summed E-state index contributed by atoms with van der Waals surface area (Å²) >= 11 is 0. The highest BCUT2D eigenvalue weighted by molar-refractivity contribution is 6.49. The molecule has 2 aromatic carbocycles. The number of methoxy groups -OCH3 is 1. The van der Waals surface area contributed by atoms with Gasteiger partial charge in [-0.15, -0.1) is 0 Å². The summed E-state index contributed by atoms with van der Waals surface area (Å²) in [6.45, 7) is 20.4. The van der Waals surface area contributed by atoms with E-state index in [9.17, 15) is 9.59 Å². The molecule has 5 unspecified atom stereocenters. The SMILES string of the molecule is COc1c(C(=O)OC(C)(C)C)cccc1N(C(=O)C1(c2ccccc2)CCN(C(=O)OC(C)(C)C)CC1)C(C)B1OC2CC3CC(C3(C)C)C2(C)O1. The lowest BCUT2D eigenvalue weighted by atomic mass is 9.43. The second kappa shape index (κ2) is 13.4. The Hall–Kier alpha value is -3.57. The van der Waals surface area contributed by atoms with Gasteiger partial charge in [0.05, 0.1) is 35.9 Å². The van der Waals surface area contributed by atoms with Crippen molar-refractivity contribution in [3.63, 3.8) is 0 Å². The van der Waals surface area contributed by atoms with Crippen LogP contribution in [-0.2, 0) is 29.0 Å². The van der Waals surface area contributed by atoms with E-state index in [4.69, 9.17) is 23.5 Å². The summed E-state index contributed by atoms with van der Waals surface area (Å²) in [5.41, 5.74) is -1.29. The largest absolute Gasteiger partial charge is 0.494 e. The molecule has 5 fully saturated rings. The number of amides is 2. The molecule has 282 valence electrons. The number of para-hydroxylation sites is 1. The fourth-order valence-corrected chi connectivity index (χ4v) is 9.18. The number of piperidine rings is 1. The number of hydrogen-bond donors (Lipinski definition) is 0. The van der Waals surface area contributed by atoms with Crippen LogP contribution in [0.4, 0.5) is 10.5 Å². The molecule has 5 atom stereocenters. The molecule has 2 bridgehead atoms. The Balaban J connectivity index is 1.43. The standard InChI is InChI=1S/C41H57BN2O8/c1-26(42-51-32-25-28-24-31(39(28,8)9)40(32,10)52-42)44(30-19-15-18-29(33(30)48-11)34(45)49-37(2,3)4)35(46)41(27-16-13-12-14-17-27)20-22-43(23-21-41)36(47)50-38(5,6)7/h12-19,26,28,31-32H,20-25H2,1-11H3. The second-order valence-electron chi connectivity index (χ2n) is 18.0. The monoisotopic (exact) mass is 716 g/mol. The van der Waals surface area contributed by atoms with Crippen LogP contribution in [0.5, 0.6) is 5.75 Å². The van der Waals surface area contributed by atoms with Gasteiger partial charge in [-0.3, -0.25) is 4.79 Å². The van der Waals surface area contributed by atoms with Crippen LogP contribution in [0, 0.1) is 17.3 Å². The van der Waals surface area contributed by atoms with Gasteiger partial charge in [-0.1, -0.05) is 50.2 Å². The average molecular weight is 717 g/mol. The van der Waals surface area contributed by atoms with E-state index in [0.717, 1.165) is 18.4 Å². The third kappa shape index (κ3) is 6.72. The maximum Gasteiger partial charge on any atom is 0.482 e. The van der Waals surface area contributed by atoms with Crippen LogP contribution in [0.2, 0.25) is 0 Å². The molecular weight excluding hydrogens is 659 g/mol. The molecule has 0 spiro atoms. The van der Waals surface area contributed by atoms with Crippen molar-refractivity contribution >= 4 is 30.8 Å². The van der Waals surface area contributed by atoms with Crippen molar-refractivity contribution < 1.29 is 37.9 Å². The number of benzene rings is 2. The predicted octanol–water partition coefficient (Wildman–Crippen LogP) is 7.61. The van der Waals surface area contributed by atoms with Gasteiger partial charge >= 0.3 is 19.2 Å². The first kappa shape index (κ1) is 38.2. The van der Waals surface area contributed by atoms with E-state index < -0.39 is 47.3 Å². The Labute approximate surface area is 310 Å². The summed E-state index contributed by atoms with van der Waals surface area (Å²) in [4.78, 5) is 46.0. The molecule has 0 N–H and O–H groups in total. The highest BCUT2D eigenvalue weighted by Crippen LogP contribution is 2.66. The van der Waals surface area contributed by atoms with Gasteiger partial charge in [0.2, 0.25) is 5.91 Å². The highest BCUT2D eigenvalue weighted by Gasteiger charge is 2.69. The van der Waals surface area contributed by atoms with Crippen LogP contribution in [0.15, 0.2) is 48.5 Å². The summed E-state index contributed by atoms with van der Waals surface area (Å²) < 4.78 is 31.3. The van der Waals surface area contributed by atoms with Crippen molar-refractivity contribution in [2.45, 2.75) is 129 Å². The Morgan fingerprint density at radius 3 is 2.12 bits per heavy atom. The molecule has 0 radical (unpaired) electrons. The molecule has 2 heterocycles. The first-order valence-corrected chi connectivity index (χ1v) is 18.8. The Kier molecular flexibility index (Phi) is 9.82. The number of carbonyl (C=O) groups excluding carboxylic acids is 3. The predicted molar refractivity (Wildman–Crippen MR) is 200 cm³/mol. The number of likely N-dealkylation sites (tertiary alicyclic amines) is 1. The van der Waals surface area contributed by atoms with Gasteiger partial charge in [0.25, 0.3) is 0 Å². The van der Waals surface area contributed by atoms with Gasteiger partial charge in [-0.05, 0) is 116 Å². The third-order valence-electron chi connectivity index (χ3n) is 12.1. The van der Waals surface area contributed by atoms with Gasteiger partial charge < -0.3 is 33.3 Å². The zero-order valence-electron chi connectivity index (χ0n) is 32.9. The van der Waals surface area contributed by atoms with Crippen molar-refractivity contribution in [1.29, 1.82) is 0 Å². The summed E-state index contributed by atoms with van der Waals surface area (Å²) in [7, 11) is 0.762.